The summed E-state index contributed by atoms with van der Waals surface area (Å²) in [7, 11) is 0. The standard InChI is InChI=1S/C18H17N3O3S2/c1-4-24-18(23)14-10(2)9-13(25-14)21-16(22)15-11(3)20-17(26-15)12-7-5-6-8-19-12/h5-9H,4H2,1-3H3,(H,21,22). The second-order valence-electron chi connectivity index (χ2n) is 5.45. The topological polar surface area (TPSA) is 81.2 Å². The Balaban J connectivity index is 1.80. The van der Waals surface area contributed by atoms with Crippen LogP contribution < -0.4 is 5.32 Å². The van der Waals surface area contributed by atoms with Crippen molar-refractivity contribution < 1.29 is 14.3 Å². The molecule has 3 aromatic heterocycles. The van der Waals surface area contributed by atoms with Gasteiger partial charge in [0.2, 0.25) is 0 Å². The van der Waals surface area contributed by atoms with Gasteiger partial charge in [-0.15, -0.1) is 22.7 Å². The van der Waals surface area contributed by atoms with Gasteiger partial charge < -0.3 is 10.1 Å². The van der Waals surface area contributed by atoms with Crippen molar-refractivity contribution in [3.05, 3.63) is 51.5 Å². The molecule has 0 fully saturated rings. The maximum absolute atomic E-state index is 12.6. The maximum atomic E-state index is 12.6. The molecule has 0 saturated heterocycles. The van der Waals surface area contributed by atoms with Crippen LogP contribution in [-0.4, -0.2) is 28.5 Å². The molecule has 0 aromatic carbocycles. The molecule has 1 N–H and O–H groups in total. The van der Waals surface area contributed by atoms with Crippen LogP contribution >= 0.6 is 22.7 Å². The zero-order chi connectivity index (χ0) is 18.7. The van der Waals surface area contributed by atoms with Crippen LogP contribution in [0.1, 0.15) is 37.5 Å². The van der Waals surface area contributed by atoms with Crippen LogP contribution in [-0.2, 0) is 4.74 Å². The van der Waals surface area contributed by atoms with Gasteiger partial charge in [-0.1, -0.05) is 6.07 Å². The lowest BCUT2D eigenvalue weighted by atomic mass is 10.3. The third kappa shape index (κ3) is 3.81. The molecule has 0 saturated carbocycles. The minimum atomic E-state index is -0.373. The van der Waals surface area contributed by atoms with Crippen molar-refractivity contribution in [3.8, 4) is 10.7 Å². The van der Waals surface area contributed by atoms with E-state index in [2.05, 4.69) is 15.3 Å². The van der Waals surface area contributed by atoms with Crippen molar-refractivity contribution >= 4 is 39.6 Å². The number of rotatable bonds is 5. The molecule has 0 bridgehead atoms. The van der Waals surface area contributed by atoms with Gasteiger partial charge in [-0.05, 0) is 44.5 Å². The number of thiazole rings is 1. The van der Waals surface area contributed by atoms with E-state index in [1.54, 1.807) is 26.1 Å². The first-order valence-electron chi connectivity index (χ1n) is 7.97. The summed E-state index contributed by atoms with van der Waals surface area (Å²) in [6.45, 7) is 5.68. The second-order valence-corrected chi connectivity index (χ2v) is 7.50. The van der Waals surface area contributed by atoms with Crippen molar-refractivity contribution in [3.63, 3.8) is 0 Å². The first-order valence-corrected chi connectivity index (χ1v) is 9.60. The van der Waals surface area contributed by atoms with E-state index in [0.717, 1.165) is 11.3 Å². The lowest BCUT2D eigenvalue weighted by Gasteiger charge is -2.00. The molecule has 134 valence electrons. The average molecular weight is 387 g/mol. The Kier molecular flexibility index (Phi) is 5.43. The van der Waals surface area contributed by atoms with Crippen molar-refractivity contribution in [1.82, 2.24) is 9.97 Å². The highest BCUT2D eigenvalue weighted by molar-refractivity contribution is 7.19. The fraction of sp³-hybridized carbons (Fsp3) is 0.222. The largest absolute Gasteiger partial charge is 0.462 e. The fourth-order valence-corrected chi connectivity index (χ4v) is 4.22. The Morgan fingerprint density at radius 3 is 2.69 bits per heavy atom. The summed E-state index contributed by atoms with van der Waals surface area (Å²) in [5.41, 5.74) is 2.15. The minimum absolute atomic E-state index is 0.251. The summed E-state index contributed by atoms with van der Waals surface area (Å²) in [5, 5.41) is 4.14. The molecule has 0 aliphatic rings. The summed E-state index contributed by atoms with van der Waals surface area (Å²) in [6, 6.07) is 7.33. The smallest absolute Gasteiger partial charge is 0.348 e. The molecular weight excluding hydrogens is 370 g/mol. The van der Waals surface area contributed by atoms with Crippen LogP contribution in [0.5, 0.6) is 0 Å². The molecule has 6 nitrogen and oxygen atoms in total. The molecule has 26 heavy (non-hydrogen) atoms. The zero-order valence-corrected chi connectivity index (χ0v) is 16.2. The lowest BCUT2D eigenvalue weighted by Crippen LogP contribution is -2.10. The monoisotopic (exact) mass is 387 g/mol. The Hall–Kier alpha value is -2.58. The van der Waals surface area contributed by atoms with E-state index in [0.29, 0.717) is 32.1 Å². The van der Waals surface area contributed by atoms with Gasteiger partial charge in [-0.3, -0.25) is 9.78 Å². The molecule has 0 radical (unpaired) electrons. The third-order valence-electron chi connectivity index (χ3n) is 3.50. The first-order chi connectivity index (χ1) is 12.5. The molecule has 3 heterocycles. The van der Waals surface area contributed by atoms with Crippen molar-refractivity contribution in [2.75, 3.05) is 11.9 Å². The SMILES string of the molecule is CCOC(=O)c1sc(NC(=O)c2sc(-c3ccccn3)nc2C)cc1C. The molecule has 1 amide bonds. The van der Waals surface area contributed by atoms with Crippen LogP contribution in [0.4, 0.5) is 5.00 Å². The number of pyridine rings is 1. The summed E-state index contributed by atoms with van der Waals surface area (Å²) < 4.78 is 5.03. The molecule has 0 aliphatic carbocycles. The highest BCUT2D eigenvalue weighted by Crippen LogP contribution is 2.30. The lowest BCUT2D eigenvalue weighted by molar-refractivity contribution is 0.0531. The van der Waals surface area contributed by atoms with E-state index < -0.39 is 0 Å². The highest BCUT2D eigenvalue weighted by atomic mass is 32.1. The van der Waals surface area contributed by atoms with Crippen LogP contribution in [0.15, 0.2) is 30.5 Å². The number of thiophene rings is 1. The third-order valence-corrected chi connectivity index (χ3v) is 5.81. The molecule has 0 spiro atoms. The van der Waals surface area contributed by atoms with Gasteiger partial charge in [0, 0.05) is 6.20 Å². The van der Waals surface area contributed by atoms with Gasteiger partial charge in [0.15, 0.2) is 0 Å². The fourth-order valence-electron chi connectivity index (χ4n) is 2.32. The normalized spacial score (nSPS) is 10.6. The number of amides is 1. The number of esters is 1. The number of nitrogens with zero attached hydrogens (tertiary/aromatic N) is 2. The number of carbonyl (C=O) groups is 2. The summed E-state index contributed by atoms with van der Waals surface area (Å²) in [5.74, 6) is -0.624. The number of aryl methyl sites for hydroxylation is 2. The van der Waals surface area contributed by atoms with E-state index in [9.17, 15) is 9.59 Å². The van der Waals surface area contributed by atoms with Gasteiger partial charge in [0.25, 0.3) is 5.91 Å². The quantitative estimate of drug-likeness (QED) is 0.660. The van der Waals surface area contributed by atoms with Gasteiger partial charge in [-0.2, -0.15) is 0 Å². The van der Waals surface area contributed by atoms with Crippen molar-refractivity contribution in [1.29, 1.82) is 0 Å². The van der Waals surface area contributed by atoms with Crippen LogP contribution in [0.2, 0.25) is 0 Å². The van der Waals surface area contributed by atoms with Gasteiger partial charge in [0.05, 0.1) is 23.0 Å². The molecule has 0 atom stereocenters. The van der Waals surface area contributed by atoms with Crippen LogP contribution in [0.25, 0.3) is 10.7 Å². The van der Waals surface area contributed by atoms with E-state index in [1.165, 1.54) is 22.7 Å². The maximum Gasteiger partial charge on any atom is 0.348 e. The highest BCUT2D eigenvalue weighted by Gasteiger charge is 2.20. The van der Waals surface area contributed by atoms with Crippen LogP contribution in [0, 0.1) is 13.8 Å². The number of anilines is 1. The van der Waals surface area contributed by atoms with E-state index in [4.69, 9.17) is 4.74 Å². The predicted molar refractivity (Wildman–Crippen MR) is 103 cm³/mol. The number of hydrogen-bond donors (Lipinski definition) is 1. The van der Waals surface area contributed by atoms with Gasteiger partial charge in [-0.25, -0.2) is 9.78 Å². The van der Waals surface area contributed by atoms with E-state index >= 15 is 0 Å². The molecular formula is C18H17N3O3S2. The molecule has 0 unspecified atom stereocenters. The summed E-state index contributed by atoms with van der Waals surface area (Å²) in [6.07, 6.45) is 1.69. The Bertz CT molecular complexity index is 948. The number of ether oxygens (including phenoxy) is 1. The van der Waals surface area contributed by atoms with Crippen LogP contribution in [0.3, 0.4) is 0 Å². The van der Waals surface area contributed by atoms with Gasteiger partial charge in [0.1, 0.15) is 14.8 Å². The first kappa shape index (κ1) is 18.2. The molecule has 8 heteroatoms. The molecule has 0 aliphatic heterocycles. The Morgan fingerprint density at radius 1 is 1.19 bits per heavy atom. The number of carbonyl (C=O) groups excluding carboxylic acids is 2. The Labute approximate surface area is 158 Å². The molecule has 3 aromatic rings. The minimum Gasteiger partial charge on any atom is -0.462 e. The van der Waals surface area contributed by atoms with Crippen molar-refractivity contribution in [2.45, 2.75) is 20.8 Å². The predicted octanol–water partition coefficient (Wildman–Crippen LogP) is 4.31. The van der Waals surface area contributed by atoms with E-state index in [1.807, 2.05) is 25.1 Å². The van der Waals surface area contributed by atoms with Gasteiger partial charge >= 0.3 is 5.97 Å². The zero-order valence-electron chi connectivity index (χ0n) is 14.5. The summed E-state index contributed by atoms with van der Waals surface area (Å²) in [4.78, 5) is 34.3. The number of hydrogen-bond acceptors (Lipinski definition) is 7. The Morgan fingerprint density at radius 2 is 2.00 bits per heavy atom. The van der Waals surface area contributed by atoms with Crippen molar-refractivity contribution in [2.24, 2.45) is 0 Å². The average Bonchev–Trinajstić information content (AvgIpc) is 3.18. The van der Waals surface area contributed by atoms with E-state index in [-0.39, 0.29) is 11.9 Å². The number of aromatic nitrogens is 2. The number of nitrogens with one attached hydrogen (secondary N) is 1. The molecule has 3 rings (SSSR count). The second kappa shape index (κ2) is 7.76. The summed E-state index contributed by atoms with van der Waals surface area (Å²) >= 11 is 2.50.